The first kappa shape index (κ1) is 76.8. The Morgan fingerprint density at radius 2 is 0.465 bits per heavy atom. The van der Waals surface area contributed by atoms with Crippen molar-refractivity contribution in [1.82, 2.24) is 9.97 Å². The van der Waals surface area contributed by atoms with Crippen LogP contribution < -0.4 is 18.9 Å². The Hall–Kier alpha value is -9.53. The van der Waals surface area contributed by atoms with Crippen LogP contribution in [0.4, 0.5) is 47.9 Å². The van der Waals surface area contributed by atoms with Crippen molar-refractivity contribution in [2.24, 2.45) is 20.0 Å². The molecule has 0 saturated carbocycles. The largest absolute Gasteiger partial charge is 0 e. The molecule has 8 aromatic carbocycles. The molecule has 0 spiro atoms. The second-order valence-electron chi connectivity index (χ2n) is 21.7. The molecule has 3 fully saturated rings. The van der Waals surface area contributed by atoms with Gasteiger partial charge in [-0.2, -0.15) is 0 Å². The average molecular weight is 1430 g/mol. The first-order valence-corrected chi connectivity index (χ1v) is 33.8. The van der Waals surface area contributed by atoms with E-state index in [9.17, 15) is 25.2 Å². The molecule has 3 radical (unpaired) electrons. The van der Waals surface area contributed by atoms with Crippen LogP contribution in [0.1, 0.15) is 83.6 Å². The summed E-state index contributed by atoms with van der Waals surface area (Å²) >= 11 is 0. The van der Waals surface area contributed by atoms with E-state index in [1.54, 1.807) is 28.4 Å². The molecule has 3 saturated heterocycles. The maximum atomic E-state index is 9.87. The Bertz CT molecular complexity index is 3680. The van der Waals surface area contributed by atoms with Crippen LogP contribution in [-0.4, -0.2) is 121 Å². The number of hydrogen-bond donors (Lipinski definition) is 0. The fourth-order valence-corrected chi connectivity index (χ4v) is 9.76. The number of ether oxygens (including phenoxy) is 7. The minimum Gasteiger partial charge on any atom is 0 e. The van der Waals surface area contributed by atoms with Crippen molar-refractivity contribution in [2.75, 3.05) is 68.1 Å². The van der Waals surface area contributed by atoms with Crippen LogP contribution in [-0.2, 0) is 14.2 Å². The van der Waals surface area contributed by atoms with E-state index in [4.69, 9.17) is 63.1 Å². The van der Waals surface area contributed by atoms with Crippen molar-refractivity contribution in [3.63, 3.8) is 0 Å². The minimum atomic E-state index is -10.7. The summed E-state index contributed by atoms with van der Waals surface area (Å²) in [6.07, 6.45) is 7.67. The molecule has 3 aliphatic rings. The van der Waals surface area contributed by atoms with Gasteiger partial charge in [0.2, 0.25) is 0 Å². The molecule has 0 N–H and O–H groups in total. The van der Waals surface area contributed by atoms with Gasteiger partial charge in [-0.05, 0) is 111 Å². The van der Waals surface area contributed by atoms with Gasteiger partial charge in [-0.1, -0.05) is 182 Å². The molecule has 513 valence electrons. The van der Waals surface area contributed by atoms with Crippen LogP contribution in [0.2, 0.25) is 0 Å². The molecule has 10 aromatic rings. The van der Waals surface area contributed by atoms with Crippen LogP contribution in [0.5, 0.6) is 23.0 Å². The second-order valence-corrected chi connectivity index (χ2v) is 23.6. The first-order chi connectivity index (χ1) is 47.5. The summed E-state index contributed by atoms with van der Waals surface area (Å²) in [5.41, 5.74) is 12.6. The minimum absolute atomic E-state index is 0. The normalized spacial score (nSPS) is 14.3. The number of pyridine rings is 2. The predicted octanol–water partition coefficient (Wildman–Crippen LogP) is 20.3. The van der Waals surface area contributed by atoms with Crippen molar-refractivity contribution < 1.29 is 58.3 Å². The topological polar surface area (TPSA) is 140 Å². The molecule has 0 amide bonds. The van der Waals surface area contributed by atoms with E-state index in [-0.39, 0.29) is 19.8 Å². The number of halogens is 6. The van der Waals surface area contributed by atoms with Crippen LogP contribution in [0, 0.1) is 0 Å². The molecular weight excluding hydrogens is 1350 g/mol. The summed E-state index contributed by atoms with van der Waals surface area (Å²) in [5.74, 6) is 2.78. The predicted molar refractivity (Wildman–Crippen MR) is 387 cm³/mol. The van der Waals surface area contributed by atoms with Crippen LogP contribution in [0.25, 0.3) is 0 Å². The number of para-hydroxylation sites is 8. The maximum absolute atomic E-state index is 10.7. The summed E-state index contributed by atoms with van der Waals surface area (Å²) in [6, 6.07) is 82.9. The SMILES string of the molecule is C1CCOC1.C1CCOC1.C1CCOC1.COc1ccccc1N=C(c1ccccc1)c1cccc(C(=Nc2ccccc2OC)c2ccccc2)n1.COc1ccccc1N=C(c1ccccc1)c1cccc(C(=Nc2ccccc2OC)c2ccccc2)n1.F[P-](F)(F)(F)(F)F.[Ga]. The maximum Gasteiger partial charge on any atom is 0 e. The molecule has 13 rings (SSSR count). The Balaban J connectivity index is 0.000000210. The molecule has 0 atom stereocenters. The van der Waals surface area contributed by atoms with Crippen LogP contribution >= 0.6 is 7.81 Å². The summed E-state index contributed by atoms with van der Waals surface area (Å²) in [7, 11) is -4.06. The zero-order valence-corrected chi connectivity index (χ0v) is 58.9. The molecule has 3 aliphatic heterocycles. The molecule has 2 aromatic heterocycles. The van der Waals surface area contributed by atoms with E-state index < -0.39 is 7.81 Å². The van der Waals surface area contributed by atoms with Gasteiger partial charge in [0.15, 0.2) is 0 Å². The van der Waals surface area contributed by atoms with E-state index in [1.165, 1.54) is 38.5 Å². The van der Waals surface area contributed by atoms with Gasteiger partial charge in [0, 0.05) is 81.7 Å². The van der Waals surface area contributed by atoms with E-state index in [2.05, 4.69) is 0 Å². The Morgan fingerprint density at radius 1 is 0.283 bits per heavy atom. The van der Waals surface area contributed by atoms with E-state index in [0.717, 1.165) is 130 Å². The summed E-state index contributed by atoms with van der Waals surface area (Å²) in [6.45, 7) is 6.00. The smallest absolute Gasteiger partial charge is 0 e. The molecule has 0 unspecified atom stereocenters. The Labute approximate surface area is 587 Å². The standard InChI is InChI=1S/2C33H27N3O2.3C4H8O.F6P.Ga/c2*1-37-30-22-11-9-18-26(30)35-32(24-14-5-3-6-15-24)28-20-13-21-29(34-28)33(25-16-7-4-8-17-25)36-27-19-10-12-23-31(27)38-2;3*1-2-4-5-3-1;1-7(2,3,4,5)6;/h2*3-23H,1-2H3;3*1-4H2;;/q;;;;;-1;. The van der Waals surface area contributed by atoms with Gasteiger partial charge in [-0.3, -0.25) is 0 Å². The average Bonchev–Trinajstić information content (AvgIpc) is 1.74. The van der Waals surface area contributed by atoms with Gasteiger partial charge in [0.1, 0.15) is 45.7 Å². The zero-order valence-electron chi connectivity index (χ0n) is 55.6. The number of benzene rings is 8. The van der Waals surface area contributed by atoms with Crippen molar-refractivity contribution >= 4 is 73.2 Å². The Morgan fingerprint density at radius 3 is 0.636 bits per heavy atom. The zero-order chi connectivity index (χ0) is 69.3. The summed E-state index contributed by atoms with van der Waals surface area (Å²) in [5, 5.41) is 0. The molecular formula is C78H78F6GaN6O7P-. The fraction of sp³-hybridized carbons (Fsp3) is 0.205. The van der Waals surface area contributed by atoms with Crippen LogP contribution in [0.15, 0.2) is 275 Å². The van der Waals surface area contributed by atoms with Crippen molar-refractivity contribution in [3.8, 4) is 23.0 Å². The second kappa shape index (κ2) is 38.6. The molecule has 5 heterocycles. The monoisotopic (exact) mass is 1420 g/mol. The molecule has 0 bridgehead atoms. The van der Waals surface area contributed by atoms with Gasteiger partial charge in [0.25, 0.3) is 0 Å². The summed E-state index contributed by atoms with van der Waals surface area (Å²) in [4.78, 5) is 30.3. The molecule has 21 heteroatoms. The third kappa shape index (κ3) is 26.7. The van der Waals surface area contributed by atoms with Crippen molar-refractivity contribution in [1.29, 1.82) is 0 Å². The van der Waals surface area contributed by atoms with Gasteiger partial charge < -0.3 is 33.2 Å². The van der Waals surface area contributed by atoms with Crippen molar-refractivity contribution in [3.05, 3.63) is 300 Å². The number of rotatable bonds is 16. The quantitative estimate of drug-likeness (QED) is 0.0400. The molecule has 0 aliphatic carbocycles. The Kier molecular flexibility index (Phi) is 29.9. The molecule has 13 nitrogen and oxygen atoms in total. The van der Waals surface area contributed by atoms with Gasteiger partial charge in [0.05, 0.1) is 74.1 Å². The fourth-order valence-electron chi connectivity index (χ4n) is 9.76. The summed E-state index contributed by atoms with van der Waals surface area (Å²) < 4.78 is 96.3. The third-order valence-corrected chi connectivity index (χ3v) is 14.4. The van der Waals surface area contributed by atoms with E-state index in [1.807, 2.05) is 255 Å². The van der Waals surface area contributed by atoms with Gasteiger partial charge in [-0.15, -0.1) is 0 Å². The van der Waals surface area contributed by atoms with Gasteiger partial charge >= 0.3 is 33.0 Å². The molecule has 99 heavy (non-hydrogen) atoms. The first-order valence-electron chi connectivity index (χ1n) is 31.8. The number of hydrogen-bond acceptors (Lipinski definition) is 13. The van der Waals surface area contributed by atoms with Crippen LogP contribution in [0.3, 0.4) is 0 Å². The van der Waals surface area contributed by atoms with E-state index >= 15 is 0 Å². The number of aliphatic imine (C=N–C) groups is 4. The van der Waals surface area contributed by atoms with E-state index in [0.29, 0.717) is 23.0 Å². The van der Waals surface area contributed by atoms with Crippen molar-refractivity contribution in [2.45, 2.75) is 38.5 Å². The van der Waals surface area contributed by atoms with Gasteiger partial charge in [-0.25, -0.2) is 29.9 Å². The number of methoxy groups -OCH3 is 4. The number of nitrogens with zero attached hydrogens (tertiary/aromatic N) is 6. The number of aromatic nitrogens is 2. The third-order valence-electron chi connectivity index (χ3n) is 14.4.